The number of ether oxygens (including phenoxy) is 2. The Hall–Kier alpha value is -0.870. The van der Waals surface area contributed by atoms with Crippen LogP contribution in [0, 0.1) is 0 Å². The van der Waals surface area contributed by atoms with Crippen molar-refractivity contribution >= 4 is 11.8 Å². The van der Waals surface area contributed by atoms with Crippen molar-refractivity contribution in [1.29, 1.82) is 0 Å². The van der Waals surface area contributed by atoms with Crippen molar-refractivity contribution in [2.24, 2.45) is 0 Å². The Balaban J connectivity index is 1.52. The average molecular weight is 279 g/mol. The maximum Gasteiger partial charge on any atom is 0.161 e. The van der Waals surface area contributed by atoms with Gasteiger partial charge < -0.3 is 14.8 Å². The van der Waals surface area contributed by atoms with Gasteiger partial charge in [0.2, 0.25) is 0 Å². The first-order chi connectivity index (χ1) is 9.33. The number of nitrogens with one attached hydrogen (secondary N) is 1. The number of hydrogen-bond acceptors (Lipinski definition) is 4. The van der Waals surface area contributed by atoms with Gasteiger partial charge in [0.25, 0.3) is 0 Å². The van der Waals surface area contributed by atoms with Crippen LogP contribution in [0.25, 0.3) is 0 Å². The highest BCUT2D eigenvalue weighted by molar-refractivity contribution is 8.00. The first-order valence-corrected chi connectivity index (χ1v) is 8.11. The summed E-state index contributed by atoms with van der Waals surface area (Å²) in [7, 11) is 0. The summed E-state index contributed by atoms with van der Waals surface area (Å²) in [6.07, 6.45) is 2.34. The molecule has 1 aromatic rings. The molecule has 19 heavy (non-hydrogen) atoms. The van der Waals surface area contributed by atoms with Crippen LogP contribution in [0.5, 0.6) is 11.5 Å². The molecule has 0 spiro atoms. The molecule has 0 saturated carbocycles. The molecule has 0 aliphatic carbocycles. The highest BCUT2D eigenvalue weighted by Gasteiger charge is 2.22. The monoisotopic (exact) mass is 279 g/mol. The van der Waals surface area contributed by atoms with Gasteiger partial charge in [0, 0.05) is 11.3 Å². The zero-order valence-electron chi connectivity index (χ0n) is 11.4. The maximum absolute atomic E-state index is 5.61. The minimum Gasteiger partial charge on any atom is -0.486 e. The van der Waals surface area contributed by atoms with E-state index in [1.807, 2.05) is 6.07 Å². The molecule has 3 rings (SSSR count). The zero-order valence-corrected chi connectivity index (χ0v) is 12.2. The van der Waals surface area contributed by atoms with Crippen LogP contribution in [-0.4, -0.2) is 36.8 Å². The van der Waals surface area contributed by atoms with Gasteiger partial charge >= 0.3 is 0 Å². The Morgan fingerprint density at radius 1 is 1.26 bits per heavy atom. The lowest BCUT2D eigenvalue weighted by Gasteiger charge is -2.19. The molecule has 1 fully saturated rings. The molecule has 0 amide bonds. The molecule has 0 aromatic heterocycles. The molecular weight excluding hydrogens is 258 g/mol. The van der Waals surface area contributed by atoms with Crippen molar-refractivity contribution in [3.63, 3.8) is 0 Å². The molecule has 2 aliphatic heterocycles. The van der Waals surface area contributed by atoms with E-state index in [-0.39, 0.29) is 0 Å². The van der Waals surface area contributed by atoms with Crippen LogP contribution in [0.1, 0.15) is 18.9 Å². The molecule has 2 heterocycles. The molecular formula is C15H21NO2S. The van der Waals surface area contributed by atoms with E-state index in [0.717, 1.165) is 29.7 Å². The number of rotatable bonds is 4. The van der Waals surface area contributed by atoms with Crippen molar-refractivity contribution in [1.82, 2.24) is 5.32 Å². The largest absolute Gasteiger partial charge is 0.486 e. The van der Waals surface area contributed by atoms with Crippen LogP contribution in [0.3, 0.4) is 0 Å². The molecule has 4 heteroatoms. The second-order valence-electron chi connectivity index (χ2n) is 5.15. The third-order valence-electron chi connectivity index (χ3n) is 3.80. The summed E-state index contributed by atoms with van der Waals surface area (Å²) in [6.45, 7) is 4.67. The van der Waals surface area contributed by atoms with Crippen LogP contribution in [0.4, 0.5) is 0 Å². The first kappa shape index (κ1) is 13.1. The van der Waals surface area contributed by atoms with Gasteiger partial charge in [-0.15, -0.1) is 0 Å². The fraction of sp³-hybridized carbons (Fsp3) is 0.600. The molecule has 2 aliphatic rings. The van der Waals surface area contributed by atoms with E-state index in [4.69, 9.17) is 9.47 Å². The van der Waals surface area contributed by atoms with Gasteiger partial charge in [0.1, 0.15) is 13.2 Å². The van der Waals surface area contributed by atoms with Crippen LogP contribution in [0.15, 0.2) is 18.2 Å². The third-order valence-corrected chi connectivity index (χ3v) is 5.13. The molecule has 104 valence electrons. The van der Waals surface area contributed by atoms with Crippen molar-refractivity contribution in [2.75, 3.05) is 25.5 Å². The Bertz CT molecular complexity index is 438. The van der Waals surface area contributed by atoms with E-state index < -0.39 is 0 Å². The Labute approximate surface area is 119 Å². The van der Waals surface area contributed by atoms with E-state index in [1.165, 1.54) is 17.7 Å². The van der Waals surface area contributed by atoms with E-state index >= 15 is 0 Å². The lowest BCUT2D eigenvalue weighted by Crippen LogP contribution is -2.34. The standard InChI is InChI=1S/C15H21NO2S/c1-11-13(5-9-19-11)16-6-4-12-2-3-14-15(10-12)18-8-7-17-14/h2-3,10-11,13,16H,4-9H2,1H3. The van der Waals surface area contributed by atoms with Crippen molar-refractivity contribution in [3.05, 3.63) is 23.8 Å². The van der Waals surface area contributed by atoms with Gasteiger partial charge in [-0.05, 0) is 42.8 Å². The minimum absolute atomic E-state index is 0.658. The molecule has 2 unspecified atom stereocenters. The second-order valence-corrected chi connectivity index (χ2v) is 6.64. The van der Waals surface area contributed by atoms with Gasteiger partial charge in [0.05, 0.1) is 0 Å². The fourth-order valence-electron chi connectivity index (χ4n) is 2.64. The summed E-state index contributed by atoms with van der Waals surface area (Å²) in [5.41, 5.74) is 1.31. The SMILES string of the molecule is CC1SCCC1NCCc1ccc2c(c1)OCCO2. The maximum atomic E-state index is 5.61. The van der Waals surface area contributed by atoms with Crippen molar-refractivity contribution < 1.29 is 9.47 Å². The summed E-state index contributed by atoms with van der Waals surface area (Å²) in [5, 5.41) is 4.42. The third kappa shape index (κ3) is 3.18. The normalized spacial score (nSPS) is 25.5. The Morgan fingerprint density at radius 2 is 2.11 bits per heavy atom. The number of fused-ring (bicyclic) bond motifs is 1. The number of thioether (sulfide) groups is 1. The molecule has 1 aromatic carbocycles. The predicted molar refractivity (Wildman–Crippen MR) is 79.5 cm³/mol. The van der Waals surface area contributed by atoms with E-state index in [1.54, 1.807) is 0 Å². The van der Waals surface area contributed by atoms with E-state index in [2.05, 4.69) is 36.1 Å². The first-order valence-electron chi connectivity index (χ1n) is 7.06. The van der Waals surface area contributed by atoms with Crippen molar-refractivity contribution in [2.45, 2.75) is 31.1 Å². The number of hydrogen-bond donors (Lipinski definition) is 1. The van der Waals surface area contributed by atoms with Crippen LogP contribution in [-0.2, 0) is 6.42 Å². The van der Waals surface area contributed by atoms with Gasteiger partial charge in [-0.3, -0.25) is 0 Å². The quantitative estimate of drug-likeness (QED) is 0.917. The van der Waals surface area contributed by atoms with Gasteiger partial charge in [-0.2, -0.15) is 11.8 Å². The average Bonchev–Trinajstić information content (AvgIpc) is 2.84. The Kier molecular flexibility index (Phi) is 4.18. The van der Waals surface area contributed by atoms with Crippen LogP contribution >= 0.6 is 11.8 Å². The van der Waals surface area contributed by atoms with Crippen LogP contribution in [0.2, 0.25) is 0 Å². The molecule has 1 N–H and O–H groups in total. The molecule has 1 saturated heterocycles. The van der Waals surface area contributed by atoms with E-state index in [0.29, 0.717) is 19.3 Å². The second kappa shape index (κ2) is 6.06. The van der Waals surface area contributed by atoms with Crippen LogP contribution < -0.4 is 14.8 Å². The molecule has 2 atom stereocenters. The highest BCUT2D eigenvalue weighted by atomic mass is 32.2. The Morgan fingerprint density at radius 3 is 2.89 bits per heavy atom. The minimum atomic E-state index is 0.658. The fourth-order valence-corrected chi connectivity index (χ4v) is 3.87. The summed E-state index contributed by atoms with van der Waals surface area (Å²) >= 11 is 2.07. The lowest BCUT2D eigenvalue weighted by molar-refractivity contribution is 0.171. The molecule has 0 bridgehead atoms. The summed E-state index contributed by atoms with van der Waals surface area (Å²) in [5.74, 6) is 3.07. The molecule has 0 radical (unpaired) electrons. The summed E-state index contributed by atoms with van der Waals surface area (Å²) in [4.78, 5) is 0. The topological polar surface area (TPSA) is 30.5 Å². The smallest absolute Gasteiger partial charge is 0.161 e. The van der Waals surface area contributed by atoms with Gasteiger partial charge in [-0.1, -0.05) is 13.0 Å². The molecule has 3 nitrogen and oxygen atoms in total. The summed E-state index contributed by atoms with van der Waals surface area (Å²) in [6, 6.07) is 6.96. The highest BCUT2D eigenvalue weighted by Crippen LogP contribution is 2.31. The summed E-state index contributed by atoms with van der Waals surface area (Å²) < 4.78 is 11.1. The van der Waals surface area contributed by atoms with E-state index in [9.17, 15) is 0 Å². The van der Waals surface area contributed by atoms with Crippen molar-refractivity contribution in [3.8, 4) is 11.5 Å². The van der Waals surface area contributed by atoms with Gasteiger partial charge in [-0.25, -0.2) is 0 Å². The lowest BCUT2D eigenvalue weighted by atomic mass is 10.1. The predicted octanol–water partition coefficient (Wildman–Crippen LogP) is 2.48. The number of benzene rings is 1. The van der Waals surface area contributed by atoms with Gasteiger partial charge in [0.15, 0.2) is 11.5 Å². The zero-order chi connectivity index (χ0) is 13.1.